The summed E-state index contributed by atoms with van der Waals surface area (Å²) in [7, 11) is 1.61. The SMILES string of the molecule is C=C(NC)C(=O)NCc1ccc(C(=O)O)cc1. The molecule has 17 heavy (non-hydrogen) atoms. The number of carbonyl (C=O) groups excluding carboxylic acids is 1. The second-order valence-corrected chi connectivity index (χ2v) is 3.41. The molecule has 3 N–H and O–H groups in total. The van der Waals surface area contributed by atoms with E-state index in [0.717, 1.165) is 5.56 Å². The Bertz CT molecular complexity index is 438. The fourth-order valence-corrected chi connectivity index (χ4v) is 1.17. The third-order valence-corrected chi connectivity index (χ3v) is 2.23. The van der Waals surface area contributed by atoms with E-state index in [1.54, 1.807) is 19.2 Å². The Morgan fingerprint density at radius 2 is 1.88 bits per heavy atom. The summed E-state index contributed by atoms with van der Waals surface area (Å²) in [6.45, 7) is 3.85. The van der Waals surface area contributed by atoms with Gasteiger partial charge in [-0.3, -0.25) is 4.79 Å². The van der Waals surface area contributed by atoms with E-state index in [4.69, 9.17) is 5.11 Å². The summed E-state index contributed by atoms with van der Waals surface area (Å²) in [4.78, 5) is 22.0. The van der Waals surface area contributed by atoms with Crippen LogP contribution in [0.2, 0.25) is 0 Å². The number of benzene rings is 1. The zero-order chi connectivity index (χ0) is 12.8. The maximum atomic E-state index is 11.4. The lowest BCUT2D eigenvalue weighted by Gasteiger charge is -2.07. The highest BCUT2D eigenvalue weighted by molar-refractivity contribution is 5.92. The quantitative estimate of drug-likeness (QED) is 0.656. The smallest absolute Gasteiger partial charge is 0.335 e. The zero-order valence-electron chi connectivity index (χ0n) is 9.49. The van der Waals surface area contributed by atoms with E-state index in [9.17, 15) is 9.59 Å². The molecule has 5 nitrogen and oxygen atoms in total. The average Bonchev–Trinajstić information content (AvgIpc) is 2.35. The van der Waals surface area contributed by atoms with E-state index in [0.29, 0.717) is 6.54 Å². The second-order valence-electron chi connectivity index (χ2n) is 3.41. The Hall–Kier alpha value is -2.30. The molecule has 0 atom stereocenters. The van der Waals surface area contributed by atoms with Crippen molar-refractivity contribution in [3.8, 4) is 0 Å². The number of aromatic carboxylic acids is 1. The average molecular weight is 234 g/mol. The van der Waals surface area contributed by atoms with Crippen molar-refractivity contribution >= 4 is 11.9 Å². The molecule has 90 valence electrons. The van der Waals surface area contributed by atoms with Crippen molar-refractivity contribution in [1.82, 2.24) is 10.6 Å². The highest BCUT2D eigenvalue weighted by atomic mass is 16.4. The van der Waals surface area contributed by atoms with E-state index in [1.807, 2.05) is 0 Å². The Morgan fingerprint density at radius 3 is 2.35 bits per heavy atom. The van der Waals surface area contributed by atoms with Gasteiger partial charge >= 0.3 is 5.97 Å². The zero-order valence-corrected chi connectivity index (χ0v) is 9.49. The number of hydrogen-bond acceptors (Lipinski definition) is 3. The molecule has 0 saturated carbocycles. The minimum Gasteiger partial charge on any atom is -0.478 e. The van der Waals surface area contributed by atoms with Gasteiger partial charge in [0.2, 0.25) is 0 Å². The fraction of sp³-hybridized carbons (Fsp3) is 0.167. The van der Waals surface area contributed by atoms with Crippen LogP contribution in [-0.4, -0.2) is 24.0 Å². The molecule has 1 aromatic carbocycles. The van der Waals surface area contributed by atoms with Crippen molar-refractivity contribution in [2.45, 2.75) is 6.54 Å². The first-order chi connectivity index (χ1) is 8.04. The summed E-state index contributed by atoms with van der Waals surface area (Å²) >= 11 is 0. The van der Waals surface area contributed by atoms with Gasteiger partial charge in [0, 0.05) is 13.6 Å². The lowest BCUT2D eigenvalue weighted by Crippen LogP contribution is -2.29. The molecular weight excluding hydrogens is 220 g/mol. The summed E-state index contributed by atoms with van der Waals surface area (Å²) in [5.41, 5.74) is 1.33. The molecule has 0 aliphatic heterocycles. The summed E-state index contributed by atoms with van der Waals surface area (Å²) in [5.74, 6) is -1.25. The molecule has 1 amide bonds. The van der Waals surface area contributed by atoms with Crippen molar-refractivity contribution in [2.24, 2.45) is 0 Å². The van der Waals surface area contributed by atoms with Crippen LogP contribution in [0.1, 0.15) is 15.9 Å². The summed E-state index contributed by atoms with van der Waals surface area (Å²) in [6, 6.07) is 6.31. The summed E-state index contributed by atoms with van der Waals surface area (Å²) in [5, 5.41) is 14.0. The molecular formula is C12H14N2O3. The molecule has 5 heteroatoms. The van der Waals surface area contributed by atoms with Gasteiger partial charge in [-0.25, -0.2) is 4.79 Å². The molecule has 1 aromatic rings. The van der Waals surface area contributed by atoms with Crippen LogP contribution in [0, 0.1) is 0 Å². The van der Waals surface area contributed by atoms with Gasteiger partial charge in [-0.15, -0.1) is 0 Å². The van der Waals surface area contributed by atoms with Crippen LogP contribution in [0.3, 0.4) is 0 Å². The molecule has 0 fully saturated rings. The number of hydrogen-bond donors (Lipinski definition) is 3. The molecule has 0 aliphatic rings. The van der Waals surface area contributed by atoms with Crippen LogP contribution >= 0.6 is 0 Å². The van der Waals surface area contributed by atoms with E-state index in [1.165, 1.54) is 12.1 Å². The Morgan fingerprint density at radius 1 is 1.29 bits per heavy atom. The van der Waals surface area contributed by atoms with Gasteiger partial charge in [0.15, 0.2) is 0 Å². The Kier molecular flexibility index (Phi) is 4.28. The van der Waals surface area contributed by atoms with Gasteiger partial charge in [0.05, 0.1) is 11.3 Å². The minimum absolute atomic E-state index is 0.222. The highest BCUT2D eigenvalue weighted by Crippen LogP contribution is 2.04. The number of rotatable bonds is 5. The highest BCUT2D eigenvalue weighted by Gasteiger charge is 2.05. The third kappa shape index (κ3) is 3.64. The summed E-state index contributed by atoms with van der Waals surface area (Å²) in [6.07, 6.45) is 0. The Balaban J connectivity index is 2.56. The van der Waals surface area contributed by atoms with Crippen LogP contribution < -0.4 is 10.6 Å². The van der Waals surface area contributed by atoms with Gasteiger partial charge in [-0.05, 0) is 17.7 Å². The van der Waals surface area contributed by atoms with E-state index in [2.05, 4.69) is 17.2 Å². The molecule has 0 radical (unpaired) electrons. The van der Waals surface area contributed by atoms with E-state index < -0.39 is 5.97 Å². The molecule has 0 spiro atoms. The lowest BCUT2D eigenvalue weighted by atomic mass is 10.1. The molecule has 0 heterocycles. The maximum Gasteiger partial charge on any atom is 0.335 e. The van der Waals surface area contributed by atoms with Crippen LogP contribution in [0.4, 0.5) is 0 Å². The summed E-state index contributed by atoms with van der Waals surface area (Å²) < 4.78 is 0. The van der Waals surface area contributed by atoms with Crippen molar-refractivity contribution < 1.29 is 14.7 Å². The second kappa shape index (κ2) is 5.69. The van der Waals surface area contributed by atoms with Crippen LogP contribution in [0.25, 0.3) is 0 Å². The van der Waals surface area contributed by atoms with Gasteiger partial charge in [0.1, 0.15) is 0 Å². The topological polar surface area (TPSA) is 78.4 Å². The van der Waals surface area contributed by atoms with E-state index in [-0.39, 0.29) is 17.2 Å². The lowest BCUT2D eigenvalue weighted by molar-refractivity contribution is -0.117. The van der Waals surface area contributed by atoms with Crippen LogP contribution in [-0.2, 0) is 11.3 Å². The monoisotopic (exact) mass is 234 g/mol. The number of amides is 1. The predicted molar refractivity (Wildman–Crippen MR) is 63.4 cm³/mol. The van der Waals surface area contributed by atoms with Gasteiger partial charge in [-0.2, -0.15) is 0 Å². The van der Waals surface area contributed by atoms with Crippen LogP contribution in [0.5, 0.6) is 0 Å². The van der Waals surface area contributed by atoms with Gasteiger partial charge < -0.3 is 15.7 Å². The number of carboxylic acid groups (broad SMARTS) is 1. The van der Waals surface area contributed by atoms with Crippen molar-refractivity contribution in [2.75, 3.05) is 7.05 Å². The standard InChI is InChI=1S/C12H14N2O3/c1-8(13-2)11(15)14-7-9-3-5-10(6-4-9)12(16)17/h3-6,13H,1,7H2,2H3,(H,14,15)(H,16,17). The molecule has 1 rings (SSSR count). The first-order valence-electron chi connectivity index (χ1n) is 5.01. The van der Waals surface area contributed by atoms with Gasteiger partial charge in [-0.1, -0.05) is 18.7 Å². The largest absolute Gasteiger partial charge is 0.478 e. The van der Waals surface area contributed by atoms with Crippen molar-refractivity contribution in [1.29, 1.82) is 0 Å². The number of carboxylic acids is 1. The normalized spacial score (nSPS) is 9.47. The third-order valence-electron chi connectivity index (χ3n) is 2.23. The Labute approximate surface area is 99.1 Å². The first kappa shape index (κ1) is 12.8. The molecule has 0 saturated heterocycles. The number of carbonyl (C=O) groups is 2. The fourth-order valence-electron chi connectivity index (χ4n) is 1.17. The minimum atomic E-state index is -0.968. The predicted octanol–water partition coefficient (Wildman–Crippen LogP) is 0.734. The molecule has 0 aromatic heterocycles. The first-order valence-corrected chi connectivity index (χ1v) is 5.01. The van der Waals surface area contributed by atoms with Gasteiger partial charge in [0.25, 0.3) is 5.91 Å². The maximum absolute atomic E-state index is 11.4. The number of nitrogens with one attached hydrogen (secondary N) is 2. The van der Waals surface area contributed by atoms with Crippen molar-refractivity contribution in [3.05, 3.63) is 47.7 Å². The number of likely N-dealkylation sites (N-methyl/N-ethyl adjacent to an activating group) is 1. The van der Waals surface area contributed by atoms with Crippen molar-refractivity contribution in [3.63, 3.8) is 0 Å². The molecule has 0 aliphatic carbocycles. The van der Waals surface area contributed by atoms with Crippen LogP contribution in [0.15, 0.2) is 36.5 Å². The molecule has 0 bridgehead atoms. The van der Waals surface area contributed by atoms with E-state index >= 15 is 0 Å². The molecule has 0 unspecified atom stereocenters.